The van der Waals surface area contributed by atoms with Crippen LogP contribution in [-0.4, -0.2) is 9.97 Å². The lowest BCUT2D eigenvalue weighted by atomic mass is 10.2. The molecule has 1 heterocycles. The molecule has 0 saturated heterocycles. The van der Waals surface area contributed by atoms with E-state index in [9.17, 15) is 4.79 Å². The zero-order valence-corrected chi connectivity index (χ0v) is 10.7. The first-order valence-electron chi connectivity index (χ1n) is 4.71. The van der Waals surface area contributed by atoms with Crippen LogP contribution in [0.2, 0.25) is 0 Å². The Labute approximate surface area is 111 Å². The van der Waals surface area contributed by atoms with E-state index in [2.05, 4.69) is 21.4 Å². The van der Waals surface area contributed by atoms with Gasteiger partial charge in [-0.15, -0.1) is 0 Å². The van der Waals surface area contributed by atoms with E-state index in [1.807, 2.05) is 28.7 Å². The molecule has 84 valence electrons. The van der Waals surface area contributed by atoms with Crippen molar-refractivity contribution in [2.24, 2.45) is 0 Å². The van der Waals surface area contributed by atoms with E-state index in [4.69, 9.17) is 5.26 Å². The molecule has 17 heavy (non-hydrogen) atoms. The Morgan fingerprint density at radius 2 is 2.18 bits per heavy atom. The average molecular weight is 338 g/mol. The Kier molecular flexibility index (Phi) is 3.39. The van der Waals surface area contributed by atoms with Crippen molar-refractivity contribution in [3.05, 3.63) is 50.1 Å². The van der Waals surface area contributed by atoms with Crippen LogP contribution >= 0.6 is 22.6 Å². The largest absolute Gasteiger partial charge is 0.338 e. The summed E-state index contributed by atoms with van der Waals surface area (Å²) in [6, 6.07) is 9.12. The van der Waals surface area contributed by atoms with Crippen LogP contribution < -0.4 is 10.9 Å². The van der Waals surface area contributed by atoms with Gasteiger partial charge in [0.1, 0.15) is 9.64 Å². The fourth-order valence-electron chi connectivity index (χ4n) is 1.29. The van der Waals surface area contributed by atoms with Gasteiger partial charge in [-0.3, -0.25) is 4.79 Å². The van der Waals surface area contributed by atoms with Gasteiger partial charge in [-0.2, -0.15) is 5.26 Å². The van der Waals surface area contributed by atoms with E-state index in [0.29, 0.717) is 20.6 Å². The van der Waals surface area contributed by atoms with E-state index in [1.165, 1.54) is 6.33 Å². The number of aromatic nitrogens is 2. The highest BCUT2D eigenvalue weighted by Crippen LogP contribution is 2.20. The summed E-state index contributed by atoms with van der Waals surface area (Å²) in [7, 11) is 0. The summed E-state index contributed by atoms with van der Waals surface area (Å²) in [4.78, 5) is 17.9. The monoisotopic (exact) mass is 338 g/mol. The molecule has 0 unspecified atom stereocenters. The third-order valence-corrected chi connectivity index (χ3v) is 3.10. The van der Waals surface area contributed by atoms with E-state index in [1.54, 1.807) is 18.2 Å². The van der Waals surface area contributed by atoms with E-state index < -0.39 is 0 Å². The molecule has 0 aliphatic carbocycles. The number of H-pyrrole nitrogens is 1. The van der Waals surface area contributed by atoms with Crippen molar-refractivity contribution in [1.82, 2.24) is 9.97 Å². The highest BCUT2D eigenvalue weighted by Gasteiger charge is 2.07. The summed E-state index contributed by atoms with van der Waals surface area (Å²) in [5, 5.41) is 11.9. The quantitative estimate of drug-likeness (QED) is 0.821. The molecule has 0 aliphatic rings. The molecule has 2 N–H and O–H groups in total. The number of para-hydroxylation sites is 1. The van der Waals surface area contributed by atoms with E-state index >= 15 is 0 Å². The lowest BCUT2D eigenvalue weighted by Gasteiger charge is -2.07. The van der Waals surface area contributed by atoms with Crippen LogP contribution in [0.25, 0.3) is 0 Å². The number of nitrogens with one attached hydrogen (secondary N) is 2. The van der Waals surface area contributed by atoms with Crippen molar-refractivity contribution in [2.45, 2.75) is 0 Å². The Morgan fingerprint density at radius 1 is 1.41 bits per heavy atom. The minimum atomic E-state index is -0.211. The Balaban J connectivity index is 2.42. The molecule has 0 fully saturated rings. The van der Waals surface area contributed by atoms with E-state index in [0.717, 1.165) is 0 Å². The first-order chi connectivity index (χ1) is 8.22. The first kappa shape index (κ1) is 11.6. The lowest BCUT2D eigenvalue weighted by Crippen LogP contribution is -2.13. The van der Waals surface area contributed by atoms with Gasteiger partial charge >= 0.3 is 0 Å². The SMILES string of the molecule is N#Cc1ccccc1Nc1nc[nH]c(=O)c1I. The van der Waals surface area contributed by atoms with Gasteiger partial charge in [-0.25, -0.2) is 4.98 Å². The molecular weight excluding hydrogens is 331 g/mol. The predicted molar refractivity (Wildman–Crippen MR) is 72.0 cm³/mol. The van der Waals surface area contributed by atoms with Gasteiger partial charge in [0.2, 0.25) is 0 Å². The number of benzene rings is 1. The molecule has 0 atom stereocenters. The van der Waals surface area contributed by atoms with Gasteiger partial charge in [-0.05, 0) is 34.7 Å². The second-order valence-electron chi connectivity index (χ2n) is 3.18. The summed E-state index contributed by atoms with van der Waals surface area (Å²) < 4.78 is 0.456. The molecule has 6 heteroatoms. The smallest absolute Gasteiger partial charge is 0.266 e. The summed E-state index contributed by atoms with van der Waals surface area (Å²) in [6.45, 7) is 0. The van der Waals surface area contributed by atoms with Crippen molar-refractivity contribution in [1.29, 1.82) is 5.26 Å². The Hall–Kier alpha value is -1.88. The van der Waals surface area contributed by atoms with Crippen molar-refractivity contribution >= 4 is 34.1 Å². The van der Waals surface area contributed by atoms with Gasteiger partial charge in [0.15, 0.2) is 5.82 Å². The maximum atomic E-state index is 11.4. The topological polar surface area (TPSA) is 81.6 Å². The van der Waals surface area contributed by atoms with Gasteiger partial charge < -0.3 is 10.3 Å². The van der Waals surface area contributed by atoms with Crippen LogP contribution in [0.1, 0.15) is 5.56 Å². The van der Waals surface area contributed by atoms with Gasteiger partial charge in [0.05, 0.1) is 17.6 Å². The van der Waals surface area contributed by atoms with Crippen LogP contribution in [0.15, 0.2) is 35.4 Å². The highest BCUT2D eigenvalue weighted by atomic mass is 127. The van der Waals surface area contributed by atoms with Gasteiger partial charge in [-0.1, -0.05) is 12.1 Å². The zero-order valence-electron chi connectivity index (χ0n) is 8.57. The second-order valence-corrected chi connectivity index (χ2v) is 4.26. The van der Waals surface area contributed by atoms with Crippen molar-refractivity contribution in [3.63, 3.8) is 0 Å². The van der Waals surface area contributed by atoms with Crippen LogP contribution in [0.3, 0.4) is 0 Å². The molecule has 2 rings (SSSR count). The number of aromatic amines is 1. The van der Waals surface area contributed by atoms with Crippen molar-refractivity contribution in [2.75, 3.05) is 5.32 Å². The fraction of sp³-hybridized carbons (Fsp3) is 0. The van der Waals surface area contributed by atoms with Crippen LogP contribution in [0.5, 0.6) is 0 Å². The zero-order chi connectivity index (χ0) is 12.3. The fourth-order valence-corrected chi connectivity index (χ4v) is 1.72. The molecule has 1 aromatic heterocycles. The maximum absolute atomic E-state index is 11.4. The summed E-state index contributed by atoms with van der Waals surface area (Å²) in [5.74, 6) is 0.442. The minimum Gasteiger partial charge on any atom is -0.338 e. The summed E-state index contributed by atoms with van der Waals surface area (Å²) in [6.07, 6.45) is 1.32. The van der Waals surface area contributed by atoms with Crippen LogP contribution in [0.4, 0.5) is 11.5 Å². The molecule has 0 spiro atoms. The molecule has 0 bridgehead atoms. The van der Waals surface area contributed by atoms with Crippen LogP contribution in [0, 0.1) is 14.9 Å². The number of anilines is 2. The van der Waals surface area contributed by atoms with Crippen molar-refractivity contribution < 1.29 is 0 Å². The average Bonchev–Trinajstić information content (AvgIpc) is 2.35. The number of halogens is 1. The van der Waals surface area contributed by atoms with Gasteiger partial charge in [0.25, 0.3) is 5.56 Å². The van der Waals surface area contributed by atoms with E-state index in [-0.39, 0.29) is 5.56 Å². The third kappa shape index (κ3) is 2.45. The molecule has 0 radical (unpaired) electrons. The van der Waals surface area contributed by atoms with Gasteiger partial charge in [0, 0.05) is 0 Å². The second kappa shape index (κ2) is 4.97. The Morgan fingerprint density at radius 3 is 2.94 bits per heavy atom. The normalized spacial score (nSPS) is 9.65. The number of rotatable bonds is 2. The lowest BCUT2D eigenvalue weighted by molar-refractivity contribution is 1.10. The third-order valence-electron chi connectivity index (χ3n) is 2.10. The number of nitriles is 1. The predicted octanol–water partition coefficient (Wildman–Crippen LogP) is 1.99. The Bertz CT molecular complexity index is 644. The summed E-state index contributed by atoms with van der Waals surface area (Å²) in [5.41, 5.74) is 0.925. The minimum absolute atomic E-state index is 0.211. The molecule has 2 aromatic rings. The molecular formula is C11H7IN4O. The molecule has 0 amide bonds. The summed E-state index contributed by atoms with van der Waals surface area (Å²) >= 11 is 1.90. The standard InChI is InChI=1S/C11H7IN4O/c12-9-10(14-6-15-11(9)17)16-8-4-2-1-3-7(8)5-13/h1-4,6H,(H2,14,15,16,17). The maximum Gasteiger partial charge on any atom is 0.266 e. The van der Waals surface area contributed by atoms with Crippen molar-refractivity contribution in [3.8, 4) is 6.07 Å². The molecule has 0 saturated carbocycles. The highest BCUT2D eigenvalue weighted by molar-refractivity contribution is 14.1. The number of nitrogens with zero attached hydrogens (tertiary/aromatic N) is 2. The molecule has 0 aliphatic heterocycles. The first-order valence-corrected chi connectivity index (χ1v) is 5.79. The molecule has 5 nitrogen and oxygen atoms in total. The van der Waals surface area contributed by atoms with Crippen LogP contribution in [-0.2, 0) is 0 Å². The number of hydrogen-bond acceptors (Lipinski definition) is 4. The number of hydrogen-bond donors (Lipinski definition) is 2. The molecule has 1 aromatic carbocycles.